The van der Waals surface area contributed by atoms with E-state index in [2.05, 4.69) is 15.6 Å². The number of amides is 1. The van der Waals surface area contributed by atoms with Crippen LogP contribution in [-0.4, -0.2) is 49.1 Å². The van der Waals surface area contributed by atoms with E-state index in [1.54, 1.807) is 18.0 Å². The molecule has 1 saturated heterocycles. The summed E-state index contributed by atoms with van der Waals surface area (Å²) >= 11 is 1.80. The summed E-state index contributed by atoms with van der Waals surface area (Å²) in [6.07, 6.45) is 1.68. The molecule has 2 rings (SSSR count). The van der Waals surface area contributed by atoms with Gasteiger partial charge in [0.25, 0.3) is 0 Å². The number of thioether (sulfide) groups is 1. The van der Waals surface area contributed by atoms with Crippen molar-refractivity contribution < 1.29 is 4.79 Å². The van der Waals surface area contributed by atoms with E-state index >= 15 is 0 Å². The Bertz CT molecular complexity index is 401. The predicted octanol–water partition coefficient (Wildman–Crippen LogP) is 0.791. The Balaban J connectivity index is 1.94. The third-order valence-electron chi connectivity index (χ3n) is 2.71. The van der Waals surface area contributed by atoms with Crippen molar-refractivity contribution in [1.29, 1.82) is 0 Å². The van der Waals surface area contributed by atoms with Crippen molar-refractivity contribution in [2.45, 2.75) is 6.04 Å². The lowest BCUT2D eigenvalue weighted by atomic mass is 10.3. The van der Waals surface area contributed by atoms with Crippen molar-refractivity contribution in [3.05, 3.63) is 18.3 Å². The van der Waals surface area contributed by atoms with Gasteiger partial charge < -0.3 is 15.5 Å². The number of nitrogens with zero attached hydrogens (tertiary/aromatic N) is 2. The molecule has 1 aliphatic rings. The Morgan fingerprint density at radius 3 is 2.94 bits per heavy atom. The highest BCUT2D eigenvalue weighted by Crippen LogP contribution is 2.13. The fraction of sp³-hybridized carbons (Fsp3) is 0.500. The van der Waals surface area contributed by atoms with E-state index in [0.29, 0.717) is 0 Å². The van der Waals surface area contributed by atoms with Gasteiger partial charge in [0, 0.05) is 32.1 Å². The second-order valence-electron chi connectivity index (χ2n) is 4.37. The van der Waals surface area contributed by atoms with Gasteiger partial charge in [-0.3, -0.25) is 4.79 Å². The van der Waals surface area contributed by atoms with Crippen LogP contribution in [0.4, 0.5) is 11.5 Å². The lowest BCUT2D eigenvalue weighted by Crippen LogP contribution is -2.46. The Morgan fingerprint density at radius 2 is 2.39 bits per heavy atom. The minimum atomic E-state index is -0.0997. The number of carbonyl (C=O) groups is 1. The second kappa shape index (κ2) is 6.06. The molecule has 1 atom stereocenters. The molecule has 1 aliphatic heterocycles. The van der Waals surface area contributed by atoms with Crippen LogP contribution in [0.3, 0.4) is 0 Å². The van der Waals surface area contributed by atoms with Gasteiger partial charge in [0.1, 0.15) is 5.82 Å². The number of pyridine rings is 1. The fourth-order valence-electron chi connectivity index (χ4n) is 1.69. The van der Waals surface area contributed by atoms with E-state index in [1.807, 2.05) is 31.1 Å². The first kappa shape index (κ1) is 13.2. The molecule has 2 heterocycles. The standard InChI is InChI=1S/C12H18N4OS/c1-16(2)11-4-3-9(7-14-11)15-12(17)10-8-18-6-5-13-10/h3-4,7,10,13H,5-6,8H2,1-2H3,(H,15,17). The number of aromatic nitrogens is 1. The molecule has 5 nitrogen and oxygen atoms in total. The largest absolute Gasteiger partial charge is 0.363 e. The van der Waals surface area contributed by atoms with Crippen LogP contribution in [0.25, 0.3) is 0 Å². The lowest BCUT2D eigenvalue weighted by Gasteiger charge is -2.22. The Morgan fingerprint density at radius 1 is 1.56 bits per heavy atom. The highest BCUT2D eigenvalue weighted by molar-refractivity contribution is 7.99. The monoisotopic (exact) mass is 266 g/mol. The van der Waals surface area contributed by atoms with Crippen LogP contribution in [0.15, 0.2) is 18.3 Å². The zero-order valence-corrected chi connectivity index (χ0v) is 11.5. The molecule has 0 spiro atoms. The SMILES string of the molecule is CN(C)c1ccc(NC(=O)C2CSCCN2)cn1. The molecule has 0 radical (unpaired) electrons. The van der Waals surface area contributed by atoms with Gasteiger partial charge in [-0.2, -0.15) is 11.8 Å². The summed E-state index contributed by atoms with van der Waals surface area (Å²) in [5.41, 5.74) is 0.739. The minimum absolute atomic E-state index is 0.0154. The number of hydrogen-bond donors (Lipinski definition) is 2. The van der Waals surface area contributed by atoms with Crippen molar-refractivity contribution in [1.82, 2.24) is 10.3 Å². The number of rotatable bonds is 3. The molecule has 1 fully saturated rings. The molecule has 1 aromatic heterocycles. The number of hydrogen-bond acceptors (Lipinski definition) is 5. The molecule has 98 valence electrons. The van der Waals surface area contributed by atoms with Crippen molar-refractivity contribution >= 4 is 29.2 Å². The zero-order valence-electron chi connectivity index (χ0n) is 10.6. The molecule has 1 aromatic rings. The van der Waals surface area contributed by atoms with E-state index in [-0.39, 0.29) is 11.9 Å². The first-order chi connectivity index (χ1) is 8.66. The van der Waals surface area contributed by atoms with Crippen LogP contribution in [0, 0.1) is 0 Å². The molecule has 18 heavy (non-hydrogen) atoms. The molecule has 6 heteroatoms. The van der Waals surface area contributed by atoms with Gasteiger partial charge in [0.2, 0.25) is 5.91 Å². The quantitative estimate of drug-likeness (QED) is 0.847. The van der Waals surface area contributed by atoms with Gasteiger partial charge in [-0.15, -0.1) is 0 Å². The summed E-state index contributed by atoms with van der Waals surface area (Å²) in [5, 5.41) is 6.09. The molecule has 0 bridgehead atoms. The highest BCUT2D eigenvalue weighted by Gasteiger charge is 2.20. The van der Waals surface area contributed by atoms with Gasteiger partial charge in [-0.1, -0.05) is 0 Å². The summed E-state index contributed by atoms with van der Waals surface area (Å²) < 4.78 is 0. The smallest absolute Gasteiger partial charge is 0.242 e. The summed E-state index contributed by atoms with van der Waals surface area (Å²) in [6.45, 7) is 0.889. The third kappa shape index (κ3) is 3.36. The van der Waals surface area contributed by atoms with Crippen LogP contribution in [-0.2, 0) is 4.79 Å². The lowest BCUT2D eigenvalue weighted by molar-refractivity contribution is -0.117. The molecule has 0 aliphatic carbocycles. The summed E-state index contributed by atoms with van der Waals surface area (Å²) in [6, 6.07) is 3.66. The first-order valence-corrected chi connectivity index (χ1v) is 7.07. The van der Waals surface area contributed by atoms with Crippen LogP contribution in [0.1, 0.15) is 0 Å². The number of carbonyl (C=O) groups excluding carboxylic acids is 1. The van der Waals surface area contributed by atoms with E-state index in [0.717, 1.165) is 29.6 Å². The summed E-state index contributed by atoms with van der Waals surface area (Å²) in [5.74, 6) is 2.79. The van der Waals surface area contributed by atoms with E-state index in [1.165, 1.54) is 0 Å². The van der Waals surface area contributed by atoms with Crippen LogP contribution >= 0.6 is 11.8 Å². The molecular weight excluding hydrogens is 248 g/mol. The van der Waals surface area contributed by atoms with Crippen molar-refractivity contribution in [3.63, 3.8) is 0 Å². The molecule has 2 N–H and O–H groups in total. The van der Waals surface area contributed by atoms with Gasteiger partial charge in [0.05, 0.1) is 17.9 Å². The second-order valence-corrected chi connectivity index (χ2v) is 5.52. The van der Waals surface area contributed by atoms with Gasteiger partial charge in [-0.25, -0.2) is 4.98 Å². The van der Waals surface area contributed by atoms with Crippen molar-refractivity contribution in [3.8, 4) is 0 Å². The fourth-order valence-corrected chi connectivity index (χ4v) is 2.62. The zero-order chi connectivity index (χ0) is 13.0. The molecular formula is C12H18N4OS. The maximum Gasteiger partial charge on any atom is 0.242 e. The van der Waals surface area contributed by atoms with Gasteiger partial charge in [0.15, 0.2) is 0 Å². The Kier molecular flexibility index (Phi) is 4.43. The Hall–Kier alpha value is -1.27. The van der Waals surface area contributed by atoms with Gasteiger partial charge >= 0.3 is 0 Å². The van der Waals surface area contributed by atoms with E-state index < -0.39 is 0 Å². The normalized spacial score (nSPS) is 19.3. The summed E-state index contributed by atoms with van der Waals surface area (Å²) in [7, 11) is 3.87. The average Bonchev–Trinajstić information content (AvgIpc) is 2.40. The van der Waals surface area contributed by atoms with Crippen LogP contribution in [0.2, 0.25) is 0 Å². The van der Waals surface area contributed by atoms with E-state index in [9.17, 15) is 4.79 Å². The topological polar surface area (TPSA) is 57.3 Å². The minimum Gasteiger partial charge on any atom is -0.363 e. The van der Waals surface area contributed by atoms with Crippen LogP contribution in [0.5, 0.6) is 0 Å². The third-order valence-corrected chi connectivity index (χ3v) is 3.77. The first-order valence-electron chi connectivity index (χ1n) is 5.92. The molecule has 0 aromatic carbocycles. The van der Waals surface area contributed by atoms with Crippen molar-refractivity contribution in [2.24, 2.45) is 0 Å². The van der Waals surface area contributed by atoms with Crippen molar-refractivity contribution in [2.75, 3.05) is 42.4 Å². The van der Waals surface area contributed by atoms with Crippen LogP contribution < -0.4 is 15.5 Å². The number of anilines is 2. The predicted molar refractivity (Wildman–Crippen MR) is 76.3 cm³/mol. The van der Waals surface area contributed by atoms with Gasteiger partial charge in [-0.05, 0) is 12.1 Å². The maximum absolute atomic E-state index is 12.0. The number of nitrogens with one attached hydrogen (secondary N) is 2. The molecule has 1 unspecified atom stereocenters. The highest BCUT2D eigenvalue weighted by atomic mass is 32.2. The average molecular weight is 266 g/mol. The maximum atomic E-state index is 12.0. The van der Waals surface area contributed by atoms with E-state index in [4.69, 9.17) is 0 Å². The Labute approximate surface area is 111 Å². The molecule has 0 saturated carbocycles. The molecule has 1 amide bonds. The summed E-state index contributed by atoms with van der Waals surface area (Å²) in [4.78, 5) is 18.1.